The average Bonchev–Trinajstić information content (AvgIpc) is 3.29. The van der Waals surface area contributed by atoms with Crippen LogP contribution in [0.2, 0.25) is 31.9 Å². The molecule has 2 aromatic carbocycles. The van der Waals surface area contributed by atoms with Crippen molar-refractivity contribution in [2.45, 2.75) is 45.2 Å². The van der Waals surface area contributed by atoms with Crippen LogP contribution in [0, 0.1) is 6.92 Å². The number of benzene rings is 2. The number of ether oxygens (including phenoxy) is 2. The van der Waals surface area contributed by atoms with Crippen LogP contribution >= 0.6 is 0 Å². The molecule has 2 heterocycles. The number of carbonyl (C=O) groups is 1. The van der Waals surface area contributed by atoms with Crippen LogP contribution in [0.15, 0.2) is 46.9 Å². The molecule has 0 spiro atoms. The number of furan rings is 1. The molecule has 1 amide bonds. The van der Waals surface area contributed by atoms with Crippen molar-refractivity contribution in [3.05, 3.63) is 65.1 Å². The third-order valence-electron chi connectivity index (χ3n) is 6.73. The maximum absolute atomic E-state index is 12.9. The Hall–Kier alpha value is -2.78. The Kier molecular flexibility index (Phi) is 6.05. The number of carbonyl (C=O) groups excluding carboxylic acids is 1. The molecule has 0 unspecified atom stereocenters. The maximum atomic E-state index is 12.9. The van der Waals surface area contributed by atoms with Gasteiger partial charge in [0.15, 0.2) is 5.76 Å². The van der Waals surface area contributed by atoms with Crippen molar-refractivity contribution >= 4 is 38.1 Å². The largest absolute Gasteiger partial charge is 0.494 e. The van der Waals surface area contributed by atoms with Crippen molar-refractivity contribution in [3.8, 4) is 11.5 Å². The quantitative estimate of drug-likeness (QED) is 0.514. The van der Waals surface area contributed by atoms with E-state index in [1.54, 1.807) is 42.8 Å². The minimum atomic E-state index is -1.40. The molecule has 0 saturated carbocycles. The monoisotopic (exact) mass is 479 g/mol. The predicted octanol–water partition coefficient (Wildman–Crippen LogP) is 4.83. The molecule has 1 aromatic heterocycles. The third-order valence-corrected chi connectivity index (χ3v) is 17.8. The minimum absolute atomic E-state index is 0.264. The number of hydrogen-bond donors (Lipinski definition) is 1. The van der Waals surface area contributed by atoms with Gasteiger partial charge in [-0.2, -0.15) is 0 Å². The topological polar surface area (TPSA) is 60.7 Å². The third kappa shape index (κ3) is 4.39. The molecule has 1 aliphatic rings. The summed E-state index contributed by atoms with van der Waals surface area (Å²) in [5.41, 5.74) is 4.49. The van der Waals surface area contributed by atoms with Crippen LogP contribution in [0.25, 0.3) is 0 Å². The molecule has 1 aliphatic heterocycles. The molecule has 0 fully saturated rings. The number of rotatable bonds is 6. The molecule has 0 bridgehead atoms. The first-order chi connectivity index (χ1) is 15.6. The second-order valence-corrected chi connectivity index (χ2v) is 20.2. The number of hydrogen-bond acceptors (Lipinski definition) is 4. The molecule has 174 valence electrons. The van der Waals surface area contributed by atoms with Gasteiger partial charge in [-0.05, 0) is 42.3 Å². The number of para-hydroxylation sites is 1. The molecule has 0 radical (unpaired) electrons. The number of fused-ring (bicyclic) bond motifs is 1. The van der Waals surface area contributed by atoms with E-state index in [0.717, 1.165) is 5.76 Å². The van der Waals surface area contributed by atoms with E-state index in [2.05, 4.69) is 50.6 Å². The molecule has 3 aromatic rings. The Balaban J connectivity index is 1.57. The van der Waals surface area contributed by atoms with Crippen molar-refractivity contribution in [1.82, 2.24) is 0 Å². The molecule has 5 nitrogen and oxygen atoms in total. The van der Waals surface area contributed by atoms with E-state index in [-0.39, 0.29) is 11.7 Å². The Morgan fingerprint density at radius 3 is 2.18 bits per heavy atom. The van der Waals surface area contributed by atoms with Crippen LogP contribution in [0.4, 0.5) is 5.69 Å². The SMILES string of the molecule is COc1cccc(OC)c1NC(=O)c1ccc(Cc2cc3c(cc2C)[Si](C)(C)C[Si]3(C)C)o1. The summed E-state index contributed by atoms with van der Waals surface area (Å²) in [6.07, 6.45) is 0.677. The molecule has 1 N–H and O–H groups in total. The molecular formula is C26H33NO4Si2. The summed E-state index contributed by atoms with van der Waals surface area (Å²) in [4.78, 5) is 12.9. The first-order valence-corrected chi connectivity index (χ1v) is 17.7. The van der Waals surface area contributed by atoms with Crippen molar-refractivity contribution in [1.29, 1.82) is 0 Å². The lowest BCUT2D eigenvalue weighted by Gasteiger charge is -2.19. The van der Waals surface area contributed by atoms with Gasteiger partial charge in [0.1, 0.15) is 22.9 Å². The Morgan fingerprint density at radius 1 is 0.970 bits per heavy atom. The van der Waals surface area contributed by atoms with Gasteiger partial charge in [0, 0.05) is 6.42 Å². The highest BCUT2D eigenvalue weighted by atomic mass is 28.4. The first kappa shape index (κ1) is 23.4. The van der Waals surface area contributed by atoms with Crippen molar-refractivity contribution in [2.24, 2.45) is 0 Å². The lowest BCUT2D eigenvalue weighted by molar-refractivity contribution is 0.0994. The number of aryl methyl sites for hydroxylation is 1. The van der Waals surface area contributed by atoms with Crippen molar-refractivity contribution in [2.75, 3.05) is 19.5 Å². The van der Waals surface area contributed by atoms with Gasteiger partial charge in [-0.15, -0.1) is 0 Å². The summed E-state index contributed by atoms with van der Waals surface area (Å²) in [6, 6.07) is 13.8. The van der Waals surface area contributed by atoms with E-state index in [9.17, 15) is 4.79 Å². The number of nitrogens with one attached hydrogen (secondary N) is 1. The lowest BCUT2D eigenvalue weighted by Crippen LogP contribution is -2.44. The minimum Gasteiger partial charge on any atom is -0.494 e. The van der Waals surface area contributed by atoms with E-state index < -0.39 is 16.1 Å². The van der Waals surface area contributed by atoms with E-state index >= 15 is 0 Å². The van der Waals surface area contributed by atoms with Crippen molar-refractivity contribution in [3.63, 3.8) is 0 Å². The molecule has 0 saturated heterocycles. The zero-order valence-electron chi connectivity index (χ0n) is 20.6. The Labute approximate surface area is 198 Å². The molecule has 33 heavy (non-hydrogen) atoms. The van der Waals surface area contributed by atoms with Gasteiger partial charge in [-0.3, -0.25) is 4.79 Å². The molecular weight excluding hydrogens is 446 g/mol. The highest BCUT2D eigenvalue weighted by Crippen LogP contribution is 2.34. The molecule has 7 heteroatoms. The van der Waals surface area contributed by atoms with Crippen LogP contribution in [0.1, 0.15) is 27.4 Å². The highest BCUT2D eigenvalue weighted by Gasteiger charge is 2.44. The van der Waals surface area contributed by atoms with Gasteiger partial charge in [0.2, 0.25) is 0 Å². The second-order valence-electron chi connectivity index (χ2n) is 10.2. The Morgan fingerprint density at radius 2 is 1.58 bits per heavy atom. The van der Waals surface area contributed by atoms with Crippen molar-refractivity contribution < 1.29 is 18.7 Å². The fourth-order valence-corrected chi connectivity index (χ4v) is 20.5. The number of anilines is 1. The van der Waals surface area contributed by atoms with Gasteiger partial charge in [0.25, 0.3) is 5.91 Å². The standard InChI is InChI=1S/C26H33NO4Si2/c1-17-13-23-24(33(6,7)16-32(23,4)5)15-18(17)14-19-11-12-22(31-19)26(28)27-25-20(29-2)9-8-10-21(25)30-3/h8-13,15H,14,16H2,1-7H3,(H,27,28). The van der Waals surface area contributed by atoms with Crippen LogP contribution in [0.3, 0.4) is 0 Å². The number of amides is 1. The van der Waals surface area contributed by atoms with Gasteiger partial charge >= 0.3 is 0 Å². The fraction of sp³-hybridized carbons (Fsp3) is 0.346. The fourth-order valence-electron chi connectivity index (χ4n) is 5.29. The van der Waals surface area contributed by atoms with E-state index in [1.165, 1.54) is 16.8 Å². The summed E-state index contributed by atoms with van der Waals surface area (Å²) < 4.78 is 16.7. The first-order valence-electron chi connectivity index (χ1n) is 11.3. The summed E-state index contributed by atoms with van der Waals surface area (Å²) in [5, 5.41) is 6.13. The van der Waals surface area contributed by atoms with E-state index in [1.807, 2.05) is 12.1 Å². The van der Waals surface area contributed by atoms with Crippen LogP contribution in [-0.4, -0.2) is 36.3 Å². The van der Waals surface area contributed by atoms with Gasteiger partial charge in [-0.25, -0.2) is 0 Å². The predicted molar refractivity (Wildman–Crippen MR) is 139 cm³/mol. The summed E-state index contributed by atoms with van der Waals surface area (Å²) in [5.74, 6) is 1.77. The number of methoxy groups -OCH3 is 2. The zero-order valence-corrected chi connectivity index (χ0v) is 22.6. The van der Waals surface area contributed by atoms with Crippen LogP contribution in [-0.2, 0) is 6.42 Å². The normalized spacial score (nSPS) is 15.7. The summed E-state index contributed by atoms with van der Waals surface area (Å²) >= 11 is 0. The van der Waals surface area contributed by atoms with Gasteiger partial charge < -0.3 is 19.2 Å². The lowest BCUT2D eigenvalue weighted by atomic mass is 10.0. The summed E-state index contributed by atoms with van der Waals surface area (Å²) in [6.45, 7) is 12.2. The van der Waals surface area contributed by atoms with Gasteiger partial charge in [0.05, 0.1) is 30.4 Å². The second kappa shape index (κ2) is 8.54. The molecule has 0 aliphatic carbocycles. The van der Waals surface area contributed by atoms with E-state index in [4.69, 9.17) is 13.9 Å². The zero-order chi connectivity index (χ0) is 24.0. The molecule has 0 atom stereocenters. The summed E-state index contributed by atoms with van der Waals surface area (Å²) in [7, 11) is 0.375. The Bertz CT molecular complexity index is 1190. The van der Waals surface area contributed by atoms with Gasteiger partial charge in [-0.1, -0.05) is 60.4 Å². The highest BCUT2D eigenvalue weighted by molar-refractivity contribution is 7.14. The average molecular weight is 480 g/mol. The van der Waals surface area contributed by atoms with Crippen LogP contribution < -0.4 is 25.2 Å². The smallest absolute Gasteiger partial charge is 0.291 e. The van der Waals surface area contributed by atoms with E-state index in [0.29, 0.717) is 23.6 Å². The van der Waals surface area contributed by atoms with Crippen LogP contribution in [0.5, 0.6) is 11.5 Å². The maximum Gasteiger partial charge on any atom is 0.291 e. The molecule has 4 rings (SSSR count).